The Morgan fingerprint density at radius 3 is 2.48 bits per heavy atom. The summed E-state index contributed by atoms with van der Waals surface area (Å²) >= 11 is 5.96. The van der Waals surface area contributed by atoms with Crippen LogP contribution in [0.5, 0.6) is 0 Å². The monoisotopic (exact) mass is 360 g/mol. The number of hydrogen-bond donors (Lipinski definition) is 1. The number of nitrogens with zero attached hydrogens (tertiary/aromatic N) is 1. The summed E-state index contributed by atoms with van der Waals surface area (Å²) in [4.78, 5) is 38.8. The van der Waals surface area contributed by atoms with E-state index in [4.69, 9.17) is 11.6 Å². The molecule has 1 N–H and O–H groups in total. The van der Waals surface area contributed by atoms with Crippen LogP contribution in [0.4, 0.5) is 5.69 Å². The fourth-order valence-electron chi connectivity index (χ4n) is 4.85. The lowest BCUT2D eigenvalue weighted by molar-refractivity contribution is -0.140. The standard InChI is InChI=1S/C19H21ClN2O3/c1-10-2-5-13(20)9-14(10)21-15(23)6-7-22-18(24)16-11-3-4-12(8-11)17(16)19(22)25/h2,5,9,11-12,16-17H,3-4,6-8H2,1H3,(H,21,23)/t11-,12+,16+,17-. The van der Waals surface area contributed by atoms with Gasteiger partial charge in [-0.15, -0.1) is 0 Å². The first-order chi connectivity index (χ1) is 12.0. The van der Waals surface area contributed by atoms with Gasteiger partial charge in [0.05, 0.1) is 11.8 Å². The number of aryl methyl sites for hydroxylation is 1. The summed E-state index contributed by atoms with van der Waals surface area (Å²) < 4.78 is 0. The van der Waals surface area contributed by atoms with E-state index in [1.807, 2.05) is 13.0 Å². The predicted molar refractivity (Wildman–Crippen MR) is 94.0 cm³/mol. The van der Waals surface area contributed by atoms with Crippen LogP contribution in [-0.4, -0.2) is 29.2 Å². The van der Waals surface area contributed by atoms with Gasteiger partial charge >= 0.3 is 0 Å². The van der Waals surface area contributed by atoms with Crippen LogP contribution in [0.25, 0.3) is 0 Å². The van der Waals surface area contributed by atoms with Crippen molar-refractivity contribution in [3.8, 4) is 0 Å². The van der Waals surface area contributed by atoms with Crippen molar-refractivity contribution < 1.29 is 14.4 Å². The van der Waals surface area contributed by atoms with Crippen LogP contribution < -0.4 is 5.32 Å². The summed E-state index contributed by atoms with van der Waals surface area (Å²) in [6.07, 6.45) is 3.26. The molecule has 2 bridgehead atoms. The summed E-state index contributed by atoms with van der Waals surface area (Å²) in [7, 11) is 0. The topological polar surface area (TPSA) is 66.5 Å². The molecule has 4 atom stereocenters. The van der Waals surface area contributed by atoms with Gasteiger partial charge in [0.25, 0.3) is 0 Å². The molecule has 1 aromatic rings. The molecule has 2 aliphatic carbocycles. The van der Waals surface area contributed by atoms with Crippen molar-refractivity contribution in [3.63, 3.8) is 0 Å². The molecule has 0 spiro atoms. The number of halogens is 1. The smallest absolute Gasteiger partial charge is 0.233 e. The van der Waals surface area contributed by atoms with Crippen molar-refractivity contribution in [2.45, 2.75) is 32.6 Å². The molecule has 25 heavy (non-hydrogen) atoms. The zero-order valence-electron chi connectivity index (χ0n) is 14.1. The molecular formula is C19H21ClN2O3. The third-order valence-corrected chi connectivity index (χ3v) is 6.29. The average molecular weight is 361 g/mol. The number of amides is 3. The molecule has 4 rings (SSSR count). The number of rotatable bonds is 4. The van der Waals surface area contributed by atoms with Crippen molar-refractivity contribution in [1.82, 2.24) is 4.90 Å². The summed E-state index contributed by atoms with van der Waals surface area (Å²) in [5, 5.41) is 3.36. The van der Waals surface area contributed by atoms with E-state index in [-0.39, 0.29) is 42.5 Å². The van der Waals surface area contributed by atoms with Crippen LogP contribution in [-0.2, 0) is 14.4 Å². The van der Waals surface area contributed by atoms with Gasteiger partial charge in [-0.05, 0) is 55.7 Å². The Morgan fingerprint density at radius 2 is 1.84 bits per heavy atom. The highest BCUT2D eigenvalue weighted by atomic mass is 35.5. The number of hydrogen-bond acceptors (Lipinski definition) is 3. The van der Waals surface area contributed by atoms with Crippen molar-refractivity contribution in [3.05, 3.63) is 28.8 Å². The Kier molecular flexibility index (Phi) is 4.07. The number of carbonyl (C=O) groups is 3. The second kappa shape index (κ2) is 6.13. The van der Waals surface area contributed by atoms with Gasteiger partial charge in [0.1, 0.15) is 0 Å². The van der Waals surface area contributed by atoms with E-state index in [0.29, 0.717) is 22.5 Å². The van der Waals surface area contributed by atoms with Gasteiger partial charge in [-0.3, -0.25) is 19.3 Å². The third-order valence-electron chi connectivity index (χ3n) is 6.05. The Bertz CT molecular complexity index is 735. The summed E-state index contributed by atoms with van der Waals surface area (Å²) in [6.45, 7) is 2.05. The van der Waals surface area contributed by atoms with Crippen LogP contribution in [0.3, 0.4) is 0 Å². The first-order valence-corrected chi connectivity index (χ1v) is 9.24. The van der Waals surface area contributed by atoms with Gasteiger partial charge in [-0.1, -0.05) is 17.7 Å². The third kappa shape index (κ3) is 2.74. The molecule has 3 aliphatic rings. The van der Waals surface area contributed by atoms with E-state index in [0.717, 1.165) is 24.8 Å². The van der Waals surface area contributed by atoms with Gasteiger partial charge in [-0.25, -0.2) is 0 Å². The molecule has 1 aliphatic heterocycles. The van der Waals surface area contributed by atoms with E-state index in [1.165, 1.54) is 4.90 Å². The largest absolute Gasteiger partial charge is 0.326 e. The molecule has 6 heteroatoms. The van der Waals surface area contributed by atoms with Crippen molar-refractivity contribution >= 4 is 35.0 Å². The summed E-state index contributed by atoms with van der Waals surface area (Å²) in [5.74, 6) is 0.168. The first kappa shape index (κ1) is 16.6. The molecule has 0 aromatic heterocycles. The number of likely N-dealkylation sites (tertiary alicyclic amines) is 1. The molecule has 3 amide bonds. The Labute approximate surface area is 151 Å². The number of fused-ring (bicyclic) bond motifs is 5. The van der Waals surface area contributed by atoms with Crippen molar-refractivity contribution in [2.75, 3.05) is 11.9 Å². The van der Waals surface area contributed by atoms with E-state index < -0.39 is 0 Å². The Balaban J connectivity index is 1.38. The molecule has 0 unspecified atom stereocenters. The predicted octanol–water partition coefficient (Wildman–Crippen LogP) is 3.01. The first-order valence-electron chi connectivity index (χ1n) is 8.87. The SMILES string of the molecule is Cc1ccc(Cl)cc1NC(=O)CCN1C(=O)[C@@H]2[C@H]3CC[C@H](C3)[C@@H]2C1=O. The molecular weight excluding hydrogens is 340 g/mol. The van der Waals surface area contributed by atoms with E-state index >= 15 is 0 Å². The minimum absolute atomic E-state index is 0.0612. The lowest BCUT2D eigenvalue weighted by atomic mass is 9.81. The van der Waals surface area contributed by atoms with Crippen LogP contribution in [0.1, 0.15) is 31.2 Å². The van der Waals surface area contributed by atoms with Gasteiger partial charge in [0, 0.05) is 23.7 Å². The Morgan fingerprint density at radius 1 is 1.20 bits per heavy atom. The lowest BCUT2D eigenvalue weighted by Crippen LogP contribution is -2.35. The minimum Gasteiger partial charge on any atom is -0.326 e. The molecule has 0 radical (unpaired) electrons. The van der Waals surface area contributed by atoms with E-state index in [9.17, 15) is 14.4 Å². The summed E-state index contributed by atoms with van der Waals surface area (Å²) in [5.41, 5.74) is 1.57. The highest BCUT2D eigenvalue weighted by Crippen LogP contribution is 2.56. The lowest BCUT2D eigenvalue weighted by Gasteiger charge is -2.19. The molecule has 132 valence electrons. The maximum absolute atomic E-state index is 12.6. The van der Waals surface area contributed by atoms with Crippen molar-refractivity contribution in [2.24, 2.45) is 23.7 Å². The molecule has 5 nitrogen and oxygen atoms in total. The van der Waals surface area contributed by atoms with Crippen molar-refractivity contribution in [1.29, 1.82) is 0 Å². The number of nitrogens with one attached hydrogen (secondary N) is 1. The van der Waals surface area contributed by atoms with Gasteiger partial charge < -0.3 is 5.32 Å². The normalized spacial score (nSPS) is 30.1. The number of imide groups is 1. The minimum atomic E-state index is -0.217. The van der Waals surface area contributed by atoms with Crippen LogP contribution in [0.2, 0.25) is 5.02 Å². The number of benzene rings is 1. The van der Waals surface area contributed by atoms with Crippen LogP contribution in [0.15, 0.2) is 18.2 Å². The highest BCUT2D eigenvalue weighted by molar-refractivity contribution is 6.31. The number of carbonyl (C=O) groups excluding carboxylic acids is 3. The molecule has 1 aromatic carbocycles. The van der Waals surface area contributed by atoms with E-state index in [2.05, 4.69) is 5.32 Å². The average Bonchev–Trinajstić information content (AvgIpc) is 3.24. The number of anilines is 1. The van der Waals surface area contributed by atoms with Crippen LogP contribution in [0, 0.1) is 30.6 Å². The van der Waals surface area contributed by atoms with Crippen LogP contribution >= 0.6 is 11.6 Å². The molecule has 1 saturated heterocycles. The zero-order chi connectivity index (χ0) is 17.7. The molecule has 2 saturated carbocycles. The van der Waals surface area contributed by atoms with Gasteiger partial charge in [0.15, 0.2) is 0 Å². The van der Waals surface area contributed by atoms with Gasteiger partial charge in [-0.2, -0.15) is 0 Å². The molecule has 3 fully saturated rings. The zero-order valence-corrected chi connectivity index (χ0v) is 14.9. The maximum atomic E-state index is 12.6. The quantitative estimate of drug-likeness (QED) is 0.839. The van der Waals surface area contributed by atoms with Gasteiger partial charge in [0.2, 0.25) is 17.7 Å². The fourth-order valence-corrected chi connectivity index (χ4v) is 5.02. The fraction of sp³-hybridized carbons (Fsp3) is 0.526. The molecule has 1 heterocycles. The van der Waals surface area contributed by atoms with E-state index in [1.54, 1.807) is 12.1 Å². The second-order valence-corrected chi connectivity index (χ2v) is 7.91. The maximum Gasteiger partial charge on any atom is 0.233 e. The second-order valence-electron chi connectivity index (χ2n) is 7.47. The Hall–Kier alpha value is -1.88. The highest BCUT2D eigenvalue weighted by Gasteiger charge is 2.60. The summed E-state index contributed by atoms with van der Waals surface area (Å²) in [6, 6.07) is 5.30.